The fourth-order valence-electron chi connectivity index (χ4n) is 3.41. The minimum absolute atomic E-state index is 0.186. The molecule has 7 heteroatoms. The van der Waals surface area contributed by atoms with Crippen LogP contribution in [0.25, 0.3) is 0 Å². The van der Waals surface area contributed by atoms with Gasteiger partial charge in [-0.3, -0.25) is 4.79 Å². The standard InChI is InChI=1S/C21H24N2O5/c1-14-13-18(24)27-15(2)19(14)21(26)28-16(3)20(25)23-11-9-22(10-12-23)17-7-5-4-6-8-17/h4-8,13,16H,9-12H2,1-3H3. The zero-order valence-electron chi connectivity index (χ0n) is 16.3. The van der Waals surface area contributed by atoms with E-state index in [1.165, 1.54) is 13.0 Å². The Labute approximate surface area is 163 Å². The summed E-state index contributed by atoms with van der Waals surface area (Å²) >= 11 is 0. The number of rotatable bonds is 4. The van der Waals surface area contributed by atoms with Gasteiger partial charge in [0.2, 0.25) is 0 Å². The number of hydrogen-bond donors (Lipinski definition) is 0. The maximum atomic E-state index is 12.7. The van der Waals surface area contributed by atoms with Crippen LogP contribution in [-0.4, -0.2) is 49.1 Å². The molecule has 1 amide bonds. The third kappa shape index (κ3) is 4.24. The molecular weight excluding hydrogens is 360 g/mol. The monoisotopic (exact) mass is 384 g/mol. The summed E-state index contributed by atoms with van der Waals surface area (Å²) in [6.07, 6.45) is -0.915. The van der Waals surface area contributed by atoms with Crippen molar-refractivity contribution in [1.82, 2.24) is 4.90 Å². The second-order valence-electron chi connectivity index (χ2n) is 6.88. The number of benzene rings is 1. The van der Waals surface area contributed by atoms with E-state index < -0.39 is 17.7 Å². The Hall–Kier alpha value is -3.09. The Morgan fingerprint density at radius 1 is 1.07 bits per heavy atom. The van der Waals surface area contributed by atoms with Crippen molar-refractivity contribution in [3.8, 4) is 0 Å². The third-order valence-electron chi connectivity index (χ3n) is 4.88. The highest BCUT2D eigenvalue weighted by Gasteiger charge is 2.28. The number of anilines is 1. The summed E-state index contributed by atoms with van der Waals surface area (Å²) in [6.45, 7) is 7.29. The Bertz CT molecular complexity index is 888. The molecule has 0 bridgehead atoms. The zero-order chi connectivity index (χ0) is 20.3. The van der Waals surface area contributed by atoms with E-state index in [0.717, 1.165) is 18.8 Å². The van der Waals surface area contributed by atoms with Crippen LogP contribution in [0.3, 0.4) is 0 Å². The lowest BCUT2D eigenvalue weighted by Crippen LogP contribution is -2.51. The lowest BCUT2D eigenvalue weighted by molar-refractivity contribution is -0.140. The number of amides is 1. The van der Waals surface area contributed by atoms with Crippen molar-refractivity contribution in [3.05, 3.63) is 63.7 Å². The van der Waals surface area contributed by atoms with Crippen molar-refractivity contribution in [2.45, 2.75) is 26.9 Å². The average molecular weight is 384 g/mol. The lowest BCUT2D eigenvalue weighted by Gasteiger charge is -2.37. The van der Waals surface area contributed by atoms with E-state index in [9.17, 15) is 14.4 Å². The number of ether oxygens (including phenoxy) is 1. The summed E-state index contributed by atoms with van der Waals surface area (Å²) in [4.78, 5) is 40.5. The highest BCUT2D eigenvalue weighted by molar-refractivity contribution is 5.94. The van der Waals surface area contributed by atoms with Crippen LogP contribution in [0.1, 0.15) is 28.6 Å². The van der Waals surface area contributed by atoms with Gasteiger partial charge in [0.15, 0.2) is 6.10 Å². The van der Waals surface area contributed by atoms with Crippen molar-refractivity contribution in [2.24, 2.45) is 0 Å². The van der Waals surface area contributed by atoms with E-state index in [1.807, 2.05) is 30.3 Å². The van der Waals surface area contributed by atoms with Crippen LogP contribution in [-0.2, 0) is 9.53 Å². The Morgan fingerprint density at radius 3 is 2.32 bits per heavy atom. The highest BCUT2D eigenvalue weighted by Crippen LogP contribution is 2.17. The second-order valence-corrected chi connectivity index (χ2v) is 6.88. The van der Waals surface area contributed by atoms with Crippen LogP contribution in [0.5, 0.6) is 0 Å². The lowest BCUT2D eigenvalue weighted by atomic mass is 10.1. The van der Waals surface area contributed by atoms with E-state index in [1.54, 1.807) is 18.7 Å². The van der Waals surface area contributed by atoms with E-state index in [2.05, 4.69) is 4.90 Å². The smallest absolute Gasteiger partial charge is 0.342 e. The van der Waals surface area contributed by atoms with Crippen LogP contribution in [0.15, 0.2) is 45.6 Å². The number of esters is 1. The average Bonchev–Trinajstić information content (AvgIpc) is 2.67. The maximum Gasteiger partial charge on any atom is 0.342 e. The SMILES string of the molecule is Cc1cc(=O)oc(C)c1C(=O)OC(C)C(=O)N1CCN(c2ccccc2)CC1. The number of nitrogens with zero attached hydrogens (tertiary/aromatic N) is 2. The molecule has 1 aromatic carbocycles. The molecular formula is C21H24N2O5. The summed E-state index contributed by atoms with van der Waals surface area (Å²) in [5.41, 5.74) is 1.26. The van der Waals surface area contributed by atoms with Gasteiger partial charge in [0.25, 0.3) is 5.91 Å². The fourth-order valence-corrected chi connectivity index (χ4v) is 3.41. The van der Waals surface area contributed by atoms with Crippen LogP contribution in [0, 0.1) is 13.8 Å². The van der Waals surface area contributed by atoms with Gasteiger partial charge in [-0.25, -0.2) is 9.59 Å². The number of para-hydroxylation sites is 1. The normalized spacial score (nSPS) is 15.2. The Kier molecular flexibility index (Phi) is 5.82. The molecule has 1 unspecified atom stereocenters. The van der Waals surface area contributed by atoms with Gasteiger partial charge in [-0.1, -0.05) is 18.2 Å². The van der Waals surface area contributed by atoms with E-state index in [-0.39, 0.29) is 17.2 Å². The first-order valence-corrected chi connectivity index (χ1v) is 9.28. The van der Waals surface area contributed by atoms with Crippen molar-refractivity contribution < 1.29 is 18.7 Å². The van der Waals surface area contributed by atoms with Crippen LogP contribution >= 0.6 is 0 Å². The van der Waals surface area contributed by atoms with Crippen molar-refractivity contribution in [3.63, 3.8) is 0 Å². The fraction of sp³-hybridized carbons (Fsp3) is 0.381. The highest BCUT2D eigenvalue weighted by atomic mass is 16.5. The summed E-state index contributed by atoms with van der Waals surface area (Å²) in [5, 5.41) is 0. The van der Waals surface area contributed by atoms with E-state index >= 15 is 0 Å². The third-order valence-corrected chi connectivity index (χ3v) is 4.88. The van der Waals surface area contributed by atoms with Gasteiger partial charge in [0.1, 0.15) is 11.3 Å². The Balaban J connectivity index is 1.59. The maximum absolute atomic E-state index is 12.7. The molecule has 2 heterocycles. The number of carbonyl (C=O) groups excluding carboxylic acids is 2. The predicted octanol–water partition coefficient (Wildman–Crippen LogP) is 2.15. The molecule has 28 heavy (non-hydrogen) atoms. The summed E-state index contributed by atoms with van der Waals surface area (Å²) < 4.78 is 10.3. The van der Waals surface area contributed by atoms with Gasteiger partial charge in [0.05, 0.1) is 0 Å². The van der Waals surface area contributed by atoms with Crippen molar-refractivity contribution >= 4 is 17.6 Å². The summed E-state index contributed by atoms with van der Waals surface area (Å²) in [6, 6.07) is 11.3. The van der Waals surface area contributed by atoms with Gasteiger partial charge in [-0.15, -0.1) is 0 Å². The molecule has 1 atom stereocenters. The first-order valence-electron chi connectivity index (χ1n) is 9.28. The minimum atomic E-state index is -0.915. The minimum Gasteiger partial charge on any atom is -0.449 e. The quantitative estimate of drug-likeness (QED) is 0.752. The van der Waals surface area contributed by atoms with Gasteiger partial charge < -0.3 is 19.0 Å². The van der Waals surface area contributed by atoms with Crippen molar-refractivity contribution in [1.29, 1.82) is 0 Å². The molecule has 0 spiro atoms. The molecule has 0 saturated carbocycles. The molecule has 148 valence electrons. The molecule has 0 aliphatic carbocycles. The van der Waals surface area contributed by atoms with Gasteiger partial charge >= 0.3 is 11.6 Å². The molecule has 1 saturated heterocycles. The van der Waals surface area contributed by atoms with Crippen LogP contribution in [0.2, 0.25) is 0 Å². The molecule has 1 fully saturated rings. The zero-order valence-corrected chi connectivity index (χ0v) is 16.3. The van der Waals surface area contributed by atoms with Crippen molar-refractivity contribution in [2.75, 3.05) is 31.1 Å². The molecule has 1 aliphatic heterocycles. The summed E-state index contributed by atoms with van der Waals surface area (Å²) in [5.74, 6) is -0.706. The molecule has 0 radical (unpaired) electrons. The number of hydrogen-bond acceptors (Lipinski definition) is 6. The molecule has 0 N–H and O–H groups in total. The first-order chi connectivity index (χ1) is 13.4. The summed E-state index contributed by atoms with van der Waals surface area (Å²) in [7, 11) is 0. The predicted molar refractivity (Wildman–Crippen MR) is 105 cm³/mol. The van der Waals surface area contributed by atoms with Crippen LogP contribution < -0.4 is 10.5 Å². The van der Waals surface area contributed by atoms with Crippen LogP contribution in [0.4, 0.5) is 5.69 Å². The van der Waals surface area contributed by atoms with E-state index in [0.29, 0.717) is 18.7 Å². The molecule has 1 aromatic heterocycles. The topological polar surface area (TPSA) is 80.1 Å². The van der Waals surface area contributed by atoms with Gasteiger partial charge in [-0.2, -0.15) is 0 Å². The number of carbonyl (C=O) groups is 2. The van der Waals surface area contributed by atoms with E-state index in [4.69, 9.17) is 9.15 Å². The number of aryl methyl sites for hydroxylation is 2. The van der Waals surface area contributed by atoms with Gasteiger partial charge in [0, 0.05) is 37.9 Å². The molecule has 3 rings (SSSR count). The first kappa shape index (κ1) is 19.7. The number of piperazine rings is 1. The largest absolute Gasteiger partial charge is 0.449 e. The molecule has 7 nitrogen and oxygen atoms in total. The molecule has 2 aromatic rings. The molecule has 1 aliphatic rings. The van der Waals surface area contributed by atoms with Gasteiger partial charge in [-0.05, 0) is 38.5 Å². The second kappa shape index (κ2) is 8.29. The Morgan fingerprint density at radius 2 is 1.71 bits per heavy atom.